The van der Waals surface area contributed by atoms with Gasteiger partial charge in [0.2, 0.25) is 5.91 Å². The molecule has 1 aliphatic carbocycles. The molecule has 2 aliphatic rings. The summed E-state index contributed by atoms with van der Waals surface area (Å²) in [6.45, 7) is 1.80. The average molecular weight is 345 g/mol. The number of H-pyrrole nitrogens is 1. The number of halogens is 1. The summed E-state index contributed by atoms with van der Waals surface area (Å²) in [6.07, 6.45) is 8.06. The van der Waals surface area contributed by atoms with E-state index in [1.807, 2.05) is 18.2 Å². The van der Waals surface area contributed by atoms with Crippen molar-refractivity contribution in [3.8, 4) is 0 Å². The summed E-state index contributed by atoms with van der Waals surface area (Å²) >= 11 is 6.08. The van der Waals surface area contributed by atoms with Crippen molar-refractivity contribution in [1.82, 2.24) is 9.88 Å². The van der Waals surface area contributed by atoms with E-state index in [4.69, 9.17) is 11.6 Å². The maximum atomic E-state index is 12.7. The summed E-state index contributed by atoms with van der Waals surface area (Å²) in [5, 5.41) is 1.96. The fraction of sp³-hybridized carbons (Fsp3) is 0.550. The molecule has 1 aromatic carbocycles. The number of carbonyl (C=O) groups excluding carboxylic acids is 1. The van der Waals surface area contributed by atoms with Gasteiger partial charge in [-0.25, -0.2) is 0 Å². The van der Waals surface area contributed by atoms with Crippen LogP contribution in [0.15, 0.2) is 24.3 Å². The minimum Gasteiger partial charge on any atom is -0.358 e. The van der Waals surface area contributed by atoms with Crippen LogP contribution in [-0.2, 0) is 4.79 Å². The minimum atomic E-state index is 0.297. The maximum Gasteiger partial charge on any atom is 0.225 e. The Bertz CT molecular complexity index is 724. The molecule has 2 heterocycles. The Hall–Kier alpha value is -1.48. The van der Waals surface area contributed by atoms with Gasteiger partial charge in [0.15, 0.2) is 0 Å². The third-order valence-corrected chi connectivity index (χ3v) is 6.04. The first-order valence-electron chi connectivity index (χ1n) is 9.27. The van der Waals surface area contributed by atoms with Crippen LogP contribution in [0.5, 0.6) is 0 Å². The summed E-state index contributed by atoms with van der Waals surface area (Å²) < 4.78 is 0. The van der Waals surface area contributed by atoms with Gasteiger partial charge in [-0.1, -0.05) is 30.9 Å². The van der Waals surface area contributed by atoms with E-state index in [-0.39, 0.29) is 0 Å². The van der Waals surface area contributed by atoms with Crippen LogP contribution in [0.25, 0.3) is 10.9 Å². The largest absolute Gasteiger partial charge is 0.358 e. The lowest BCUT2D eigenvalue weighted by Gasteiger charge is -2.35. The van der Waals surface area contributed by atoms with E-state index in [1.165, 1.54) is 30.3 Å². The van der Waals surface area contributed by atoms with E-state index in [2.05, 4.69) is 16.0 Å². The Balaban J connectivity index is 1.40. The van der Waals surface area contributed by atoms with E-state index >= 15 is 0 Å². The molecule has 24 heavy (non-hydrogen) atoms. The molecule has 2 aromatic rings. The van der Waals surface area contributed by atoms with Gasteiger partial charge in [-0.2, -0.15) is 0 Å². The van der Waals surface area contributed by atoms with Gasteiger partial charge in [0.1, 0.15) is 0 Å². The van der Waals surface area contributed by atoms with E-state index in [9.17, 15) is 4.79 Å². The standard InChI is InChI=1S/C20H25ClN2O/c21-17-6-7-18-16(12-17)13-19(22-18)14-8-10-23(11-9-14)20(24)15-4-2-1-3-5-15/h6-7,12-15,22H,1-5,8-11H2. The summed E-state index contributed by atoms with van der Waals surface area (Å²) in [7, 11) is 0. The highest BCUT2D eigenvalue weighted by atomic mass is 35.5. The summed E-state index contributed by atoms with van der Waals surface area (Å²) in [6, 6.07) is 8.21. The van der Waals surface area contributed by atoms with Gasteiger partial charge in [-0.3, -0.25) is 4.79 Å². The van der Waals surface area contributed by atoms with Gasteiger partial charge in [-0.15, -0.1) is 0 Å². The highest BCUT2D eigenvalue weighted by Crippen LogP contribution is 2.32. The Kier molecular flexibility index (Phi) is 4.53. The van der Waals surface area contributed by atoms with E-state index in [0.717, 1.165) is 49.3 Å². The maximum absolute atomic E-state index is 12.7. The lowest BCUT2D eigenvalue weighted by Crippen LogP contribution is -2.41. The molecule has 1 aromatic heterocycles. The lowest BCUT2D eigenvalue weighted by molar-refractivity contribution is -0.137. The van der Waals surface area contributed by atoms with Crippen molar-refractivity contribution in [2.75, 3.05) is 13.1 Å². The zero-order valence-electron chi connectivity index (χ0n) is 14.1. The molecule has 1 saturated heterocycles. The van der Waals surface area contributed by atoms with Crippen LogP contribution in [0.2, 0.25) is 5.02 Å². The Labute approximate surface area is 148 Å². The number of piperidine rings is 1. The quantitative estimate of drug-likeness (QED) is 0.807. The number of amides is 1. The molecule has 0 atom stereocenters. The number of likely N-dealkylation sites (tertiary alicyclic amines) is 1. The zero-order chi connectivity index (χ0) is 16.5. The molecule has 0 bridgehead atoms. The molecule has 1 saturated carbocycles. The van der Waals surface area contributed by atoms with Crippen molar-refractivity contribution in [3.63, 3.8) is 0 Å². The molecule has 0 radical (unpaired) electrons. The van der Waals surface area contributed by atoms with Gasteiger partial charge in [0, 0.05) is 46.5 Å². The molecule has 3 nitrogen and oxygen atoms in total. The number of aromatic amines is 1. The molecular weight excluding hydrogens is 320 g/mol. The Morgan fingerprint density at radius 2 is 1.79 bits per heavy atom. The van der Waals surface area contributed by atoms with Gasteiger partial charge < -0.3 is 9.88 Å². The molecule has 0 unspecified atom stereocenters. The zero-order valence-corrected chi connectivity index (χ0v) is 14.8. The first kappa shape index (κ1) is 16.0. The topological polar surface area (TPSA) is 36.1 Å². The smallest absolute Gasteiger partial charge is 0.225 e. The van der Waals surface area contributed by atoms with Gasteiger partial charge in [0.25, 0.3) is 0 Å². The van der Waals surface area contributed by atoms with E-state index in [1.54, 1.807) is 0 Å². The summed E-state index contributed by atoms with van der Waals surface area (Å²) in [4.78, 5) is 18.3. The Morgan fingerprint density at radius 3 is 2.54 bits per heavy atom. The highest BCUT2D eigenvalue weighted by molar-refractivity contribution is 6.31. The normalized spacial score (nSPS) is 20.6. The number of benzene rings is 1. The van der Waals surface area contributed by atoms with Crippen molar-refractivity contribution >= 4 is 28.4 Å². The number of nitrogens with one attached hydrogen (secondary N) is 1. The number of rotatable bonds is 2. The van der Waals surface area contributed by atoms with Crippen LogP contribution >= 0.6 is 11.6 Å². The molecular formula is C20H25ClN2O. The van der Waals surface area contributed by atoms with Crippen molar-refractivity contribution in [3.05, 3.63) is 35.0 Å². The number of aromatic nitrogens is 1. The van der Waals surface area contributed by atoms with Crippen molar-refractivity contribution in [2.24, 2.45) is 5.92 Å². The first-order valence-corrected chi connectivity index (χ1v) is 9.65. The van der Waals surface area contributed by atoms with Crippen molar-refractivity contribution in [2.45, 2.75) is 50.9 Å². The molecule has 1 amide bonds. The summed E-state index contributed by atoms with van der Waals surface area (Å²) in [5.41, 5.74) is 2.44. The van der Waals surface area contributed by atoms with E-state index in [0.29, 0.717) is 17.7 Å². The predicted molar refractivity (Wildman–Crippen MR) is 98.4 cm³/mol. The van der Waals surface area contributed by atoms with E-state index < -0.39 is 0 Å². The second-order valence-corrected chi connectivity index (χ2v) is 7.83. The number of fused-ring (bicyclic) bond motifs is 1. The fourth-order valence-corrected chi connectivity index (χ4v) is 4.55. The van der Waals surface area contributed by atoms with Crippen molar-refractivity contribution < 1.29 is 4.79 Å². The molecule has 4 heteroatoms. The first-order chi connectivity index (χ1) is 11.7. The van der Waals surface area contributed by atoms with Crippen LogP contribution in [0.1, 0.15) is 56.6 Å². The minimum absolute atomic E-state index is 0.297. The second-order valence-electron chi connectivity index (χ2n) is 7.39. The predicted octanol–water partition coefficient (Wildman–Crippen LogP) is 5.11. The van der Waals surface area contributed by atoms with Crippen LogP contribution in [0.3, 0.4) is 0 Å². The fourth-order valence-electron chi connectivity index (χ4n) is 4.36. The average Bonchev–Trinajstić information content (AvgIpc) is 3.05. The Morgan fingerprint density at radius 1 is 1.04 bits per heavy atom. The van der Waals surface area contributed by atoms with Crippen LogP contribution in [0.4, 0.5) is 0 Å². The van der Waals surface area contributed by atoms with Gasteiger partial charge in [-0.05, 0) is 49.9 Å². The van der Waals surface area contributed by atoms with Crippen molar-refractivity contribution in [1.29, 1.82) is 0 Å². The number of hydrogen-bond acceptors (Lipinski definition) is 1. The van der Waals surface area contributed by atoms with Crippen LogP contribution in [0, 0.1) is 5.92 Å². The SMILES string of the molecule is O=C(C1CCCCC1)N1CCC(c2cc3cc(Cl)ccc3[nH]2)CC1. The number of carbonyl (C=O) groups is 1. The number of nitrogens with zero attached hydrogens (tertiary/aromatic N) is 1. The molecule has 0 spiro atoms. The monoisotopic (exact) mass is 344 g/mol. The molecule has 4 rings (SSSR count). The number of hydrogen-bond donors (Lipinski definition) is 1. The van der Waals surface area contributed by atoms with Gasteiger partial charge >= 0.3 is 0 Å². The van der Waals surface area contributed by atoms with Crippen LogP contribution in [-0.4, -0.2) is 28.9 Å². The molecule has 1 N–H and O–H groups in total. The lowest BCUT2D eigenvalue weighted by atomic mass is 9.87. The molecule has 1 aliphatic heterocycles. The highest BCUT2D eigenvalue weighted by Gasteiger charge is 2.29. The van der Waals surface area contributed by atoms with Gasteiger partial charge in [0.05, 0.1) is 0 Å². The third kappa shape index (κ3) is 3.19. The molecule has 2 fully saturated rings. The van der Waals surface area contributed by atoms with Crippen LogP contribution < -0.4 is 0 Å². The second kappa shape index (κ2) is 6.79. The molecule has 128 valence electrons. The summed E-state index contributed by atoms with van der Waals surface area (Å²) in [5.74, 6) is 1.23. The third-order valence-electron chi connectivity index (χ3n) is 5.80.